The number of aliphatic hydroxyl groups excluding tert-OH is 1. The molecule has 7 heteroatoms. The van der Waals surface area contributed by atoms with Crippen LogP contribution in [-0.2, 0) is 16.3 Å². The van der Waals surface area contributed by atoms with Gasteiger partial charge >= 0.3 is 0 Å². The summed E-state index contributed by atoms with van der Waals surface area (Å²) in [5, 5.41) is 23.5. The number of benzene rings is 3. The van der Waals surface area contributed by atoms with E-state index < -0.39 is 15.9 Å². The fourth-order valence-electron chi connectivity index (χ4n) is 2.93. The van der Waals surface area contributed by atoms with Gasteiger partial charge in [0.1, 0.15) is 5.75 Å². The fourth-order valence-corrected chi connectivity index (χ4v) is 4.42. The Balaban J connectivity index is 1.54. The quantitative estimate of drug-likeness (QED) is 0.473. The molecular formula is C22H22ClNO4S. The van der Waals surface area contributed by atoms with Gasteiger partial charge in [0.05, 0.1) is 15.9 Å². The van der Waals surface area contributed by atoms with Crippen LogP contribution in [0.4, 0.5) is 0 Å². The van der Waals surface area contributed by atoms with E-state index in [4.69, 9.17) is 11.6 Å². The second-order valence-electron chi connectivity index (χ2n) is 6.67. The van der Waals surface area contributed by atoms with Crippen LogP contribution in [-0.4, -0.2) is 31.7 Å². The molecule has 3 aromatic rings. The highest BCUT2D eigenvalue weighted by molar-refractivity contribution is 7.91. The third-order valence-corrected chi connectivity index (χ3v) is 6.53. The van der Waals surface area contributed by atoms with Crippen LogP contribution in [0.3, 0.4) is 0 Å². The summed E-state index contributed by atoms with van der Waals surface area (Å²) in [7, 11) is -3.67. The summed E-state index contributed by atoms with van der Waals surface area (Å²) in [6.45, 7) is 1.03. The monoisotopic (exact) mass is 431 g/mol. The number of nitrogens with one attached hydrogen (secondary N) is 1. The van der Waals surface area contributed by atoms with Gasteiger partial charge in [0.15, 0.2) is 0 Å². The van der Waals surface area contributed by atoms with Gasteiger partial charge < -0.3 is 15.5 Å². The molecule has 0 bridgehead atoms. The van der Waals surface area contributed by atoms with Crippen LogP contribution in [0, 0.1) is 0 Å². The smallest absolute Gasteiger partial charge is 0.206 e. The Morgan fingerprint density at radius 2 is 1.66 bits per heavy atom. The van der Waals surface area contributed by atoms with E-state index in [1.165, 1.54) is 24.3 Å². The molecule has 0 fully saturated rings. The third kappa shape index (κ3) is 5.58. The molecule has 0 amide bonds. The number of phenols is 1. The summed E-state index contributed by atoms with van der Waals surface area (Å²) in [4.78, 5) is 0.234. The predicted octanol–water partition coefficient (Wildman–Crippen LogP) is 3.74. The van der Waals surface area contributed by atoms with Crippen molar-refractivity contribution in [2.75, 3.05) is 13.1 Å². The molecule has 0 saturated heterocycles. The maximum absolute atomic E-state index is 12.6. The van der Waals surface area contributed by atoms with Crippen LogP contribution in [0.5, 0.6) is 5.75 Å². The molecule has 1 atom stereocenters. The molecule has 0 heterocycles. The van der Waals surface area contributed by atoms with Gasteiger partial charge in [-0.25, -0.2) is 8.42 Å². The van der Waals surface area contributed by atoms with Crippen LogP contribution in [0.1, 0.15) is 17.2 Å². The van der Waals surface area contributed by atoms with Crippen molar-refractivity contribution in [2.45, 2.75) is 22.3 Å². The minimum absolute atomic E-state index is 0.0573. The second kappa shape index (κ2) is 9.41. The summed E-state index contributed by atoms with van der Waals surface area (Å²) in [6.07, 6.45) is 0.0397. The number of halogens is 1. The minimum atomic E-state index is -3.67. The summed E-state index contributed by atoms with van der Waals surface area (Å²) in [5.41, 5.74) is 1.73. The molecule has 0 unspecified atom stereocenters. The van der Waals surface area contributed by atoms with Crippen LogP contribution in [0.2, 0.25) is 5.02 Å². The van der Waals surface area contributed by atoms with Gasteiger partial charge in [0.25, 0.3) is 0 Å². The lowest BCUT2D eigenvalue weighted by atomic mass is 10.1. The highest BCUT2D eigenvalue weighted by Crippen LogP contribution is 2.24. The lowest BCUT2D eigenvalue weighted by Crippen LogP contribution is -2.23. The molecule has 0 saturated carbocycles. The van der Waals surface area contributed by atoms with Gasteiger partial charge in [-0.3, -0.25) is 0 Å². The fraction of sp³-hybridized carbons (Fsp3) is 0.182. The normalized spacial score (nSPS) is 12.6. The van der Waals surface area contributed by atoms with Crippen LogP contribution >= 0.6 is 11.6 Å². The van der Waals surface area contributed by atoms with E-state index in [9.17, 15) is 18.6 Å². The molecule has 29 heavy (non-hydrogen) atoms. The van der Waals surface area contributed by atoms with Crippen molar-refractivity contribution in [3.8, 4) is 5.75 Å². The van der Waals surface area contributed by atoms with Crippen LogP contribution < -0.4 is 5.32 Å². The van der Waals surface area contributed by atoms with Crippen molar-refractivity contribution >= 4 is 21.4 Å². The zero-order chi connectivity index (χ0) is 20.9. The van der Waals surface area contributed by atoms with Gasteiger partial charge in [-0.15, -0.1) is 0 Å². The van der Waals surface area contributed by atoms with E-state index in [-0.39, 0.29) is 15.5 Å². The van der Waals surface area contributed by atoms with Crippen molar-refractivity contribution in [2.24, 2.45) is 0 Å². The number of hydrogen-bond acceptors (Lipinski definition) is 5. The van der Waals surface area contributed by atoms with E-state index >= 15 is 0 Å². The van der Waals surface area contributed by atoms with Crippen molar-refractivity contribution in [3.05, 3.63) is 88.9 Å². The standard InChI is InChI=1S/C22H22ClNO4S/c23-18-4-1-3-17(13-18)22(26)15-24-12-11-16-7-9-20(10-8-16)29(27,28)21-6-2-5-19(25)14-21/h1-10,13-14,22,24-26H,11-12,15H2/t22-/m0/s1. The van der Waals surface area contributed by atoms with E-state index in [1.807, 2.05) is 6.07 Å². The summed E-state index contributed by atoms with van der Waals surface area (Å²) < 4.78 is 25.3. The Morgan fingerprint density at radius 3 is 2.34 bits per heavy atom. The molecule has 152 valence electrons. The lowest BCUT2D eigenvalue weighted by molar-refractivity contribution is 0.175. The molecule has 0 spiro atoms. The average Bonchev–Trinajstić information content (AvgIpc) is 2.71. The van der Waals surface area contributed by atoms with Gasteiger partial charge in [0.2, 0.25) is 9.84 Å². The van der Waals surface area contributed by atoms with Crippen molar-refractivity contribution < 1.29 is 18.6 Å². The van der Waals surface area contributed by atoms with Crippen molar-refractivity contribution in [3.63, 3.8) is 0 Å². The maximum Gasteiger partial charge on any atom is 0.206 e. The SMILES string of the molecule is O=S(=O)(c1ccc(CCNC[C@H](O)c2cccc(Cl)c2)cc1)c1cccc(O)c1. The summed E-state index contributed by atoms with van der Waals surface area (Å²) in [5.74, 6) is -0.0891. The van der Waals surface area contributed by atoms with E-state index in [2.05, 4.69) is 5.32 Å². The Labute approximate surface area is 175 Å². The molecule has 3 N–H and O–H groups in total. The van der Waals surface area contributed by atoms with E-state index in [1.54, 1.807) is 42.5 Å². The zero-order valence-corrected chi connectivity index (χ0v) is 17.2. The zero-order valence-electron chi connectivity index (χ0n) is 15.6. The summed E-state index contributed by atoms with van der Waals surface area (Å²) >= 11 is 5.94. The molecular weight excluding hydrogens is 410 g/mol. The number of aromatic hydroxyl groups is 1. The van der Waals surface area contributed by atoms with E-state index in [0.29, 0.717) is 24.5 Å². The Bertz CT molecular complexity index is 1070. The molecule has 0 aromatic heterocycles. The van der Waals surface area contributed by atoms with Crippen molar-refractivity contribution in [1.29, 1.82) is 0 Å². The van der Waals surface area contributed by atoms with Crippen LogP contribution in [0.25, 0.3) is 0 Å². The number of hydrogen-bond donors (Lipinski definition) is 3. The number of rotatable bonds is 8. The number of aliphatic hydroxyl groups is 1. The third-order valence-electron chi connectivity index (χ3n) is 4.52. The largest absolute Gasteiger partial charge is 0.508 e. The Kier molecular flexibility index (Phi) is 6.92. The molecule has 0 aliphatic heterocycles. The molecule has 3 rings (SSSR count). The Hall–Kier alpha value is -2.38. The topological polar surface area (TPSA) is 86.6 Å². The highest BCUT2D eigenvalue weighted by Gasteiger charge is 2.17. The molecule has 0 aliphatic carbocycles. The maximum atomic E-state index is 12.6. The second-order valence-corrected chi connectivity index (χ2v) is 9.06. The number of phenolic OH excluding ortho intramolecular Hbond substituents is 1. The summed E-state index contributed by atoms with van der Waals surface area (Å²) in [6, 6.07) is 19.4. The van der Waals surface area contributed by atoms with Gasteiger partial charge in [-0.1, -0.05) is 41.9 Å². The Morgan fingerprint density at radius 1 is 0.931 bits per heavy atom. The first-order valence-electron chi connectivity index (χ1n) is 9.13. The van der Waals surface area contributed by atoms with Gasteiger partial charge in [0, 0.05) is 11.6 Å². The van der Waals surface area contributed by atoms with Gasteiger partial charge in [-0.2, -0.15) is 0 Å². The first-order valence-corrected chi connectivity index (χ1v) is 11.0. The first kappa shape index (κ1) is 21.3. The van der Waals surface area contributed by atoms with Crippen molar-refractivity contribution in [1.82, 2.24) is 5.32 Å². The predicted molar refractivity (Wildman–Crippen MR) is 113 cm³/mol. The lowest BCUT2D eigenvalue weighted by Gasteiger charge is -2.12. The average molecular weight is 432 g/mol. The highest BCUT2D eigenvalue weighted by atomic mass is 35.5. The molecule has 3 aromatic carbocycles. The number of sulfone groups is 1. The molecule has 5 nitrogen and oxygen atoms in total. The molecule has 0 aliphatic rings. The molecule has 0 radical (unpaired) electrons. The first-order chi connectivity index (χ1) is 13.9. The van der Waals surface area contributed by atoms with Crippen LogP contribution in [0.15, 0.2) is 82.6 Å². The van der Waals surface area contributed by atoms with E-state index in [0.717, 1.165) is 11.1 Å². The van der Waals surface area contributed by atoms with Gasteiger partial charge in [-0.05, 0) is 66.6 Å². The minimum Gasteiger partial charge on any atom is -0.508 e.